The Labute approximate surface area is 169 Å². The second kappa shape index (κ2) is 11.7. The maximum absolute atomic E-state index is 11.5. The van der Waals surface area contributed by atoms with Gasteiger partial charge in [-0.3, -0.25) is 9.59 Å². The molecule has 1 saturated carbocycles. The number of nitrogens with two attached hydrogens (primary N) is 1. The Morgan fingerprint density at radius 1 is 1.21 bits per heavy atom. The van der Waals surface area contributed by atoms with Gasteiger partial charge in [0.2, 0.25) is 12.3 Å². The van der Waals surface area contributed by atoms with E-state index in [0.29, 0.717) is 23.5 Å². The second-order valence-corrected chi connectivity index (χ2v) is 8.26. The van der Waals surface area contributed by atoms with Gasteiger partial charge >= 0.3 is 0 Å². The molecule has 0 radical (unpaired) electrons. The van der Waals surface area contributed by atoms with Crippen LogP contribution in [0, 0.1) is 23.7 Å². The average Bonchev–Trinajstić information content (AvgIpc) is 2.63. The number of benzene rings is 1. The van der Waals surface area contributed by atoms with E-state index >= 15 is 0 Å². The van der Waals surface area contributed by atoms with E-state index in [2.05, 4.69) is 38.3 Å². The molecule has 4 atom stereocenters. The summed E-state index contributed by atoms with van der Waals surface area (Å²) in [5.74, 6) is 4.09. The zero-order chi connectivity index (χ0) is 21.3. The minimum Gasteiger partial charge on any atom is -0.497 e. The largest absolute Gasteiger partial charge is 0.497 e. The molecule has 2 unspecified atom stereocenters. The van der Waals surface area contributed by atoms with Crippen LogP contribution in [0.1, 0.15) is 53.9 Å². The van der Waals surface area contributed by atoms with Crippen molar-refractivity contribution in [1.29, 1.82) is 0 Å². The summed E-state index contributed by atoms with van der Waals surface area (Å²) in [6, 6.07) is 4.27. The first-order valence-corrected chi connectivity index (χ1v) is 10.1. The number of ether oxygens (including phenoxy) is 1. The molecular formula is C22H37N3O3. The number of anilines is 2. The van der Waals surface area contributed by atoms with Gasteiger partial charge in [-0.2, -0.15) is 0 Å². The van der Waals surface area contributed by atoms with Gasteiger partial charge in [0.25, 0.3) is 0 Å². The summed E-state index contributed by atoms with van der Waals surface area (Å²) in [6.45, 7) is 11.1. The van der Waals surface area contributed by atoms with E-state index < -0.39 is 6.04 Å². The monoisotopic (exact) mass is 391 g/mol. The first-order chi connectivity index (χ1) is 13.2. The lowest BCUT2D eigenvalue weighted by Crippen LogP contribution is -2.32. The molecule has 0 aliphatic heterocycles. The predicted molar refractivity (Wildman–Crippen MR) is 115 cm³/mol. The molecule has 1 fully saturated rings. The van der Waals surface area contributed by atoms with Crippen molar-refractivity contribution in [3.8, 4) is 5.75 Å². The highest BCUT2D eigenvalue weighted by atomic mass is 16.5. The van der Waals surface area contributed by atoms with Gasteiger partial charge in [0, 0.05) is 6.07 Å². The molecular weight excluding hydrogens is 354 g/mol. The molecule has 0 spiro atoms. The summed E-state index contributed by atoms with van der Waals surface area (Å²) in [5, 5.41) is 5.08. The van der Waals surface area contributed by atoms with Crippen LogP contribution < -0.4 is 21.1 Å². The van der Waals surface area contributed by atoms with Gasteiger partial charge in [-0.1, -0.05) is 34.1 Å². The third kappa shape index (κ3) is 7.50. The van der Waals surface area contributed by atoms with Crippen molar-refractivity contribution >= 4 is 23.7 Å². The van der Waals surface area contributed by atoms with E-state index in [9.17, 15) is 9.59 Å². The van der Waals surface area contributed by atoms with Crippen molar-refractivity contribution in [3.05, 3.63) is 18.2 Å². The van der Waals surface area contributed by atoms with Crippen molar-refractivity contribution < 1.29 is 14.3 Å². The molecule has 1 aliphatic carbocycles. The molecule has 28 heavy (non-hydrogen) atoms. The van der Waals surface area contributed by atoms with Crippen LogP contribution in [0.5, 0.6) is 5.75 Å². The number of nitrogens with one attached hydrogen (secondary N) is 2. The number of carbonyl (C=O) groups excluding carboxylic acids is 2. The Morgan fingerprint density at radius 2 is 1.89 bits per heavy atom. The van der Waals surface area contributed by atoms with Gasteiger partial charge in [-0.25, -0.2) is 0 Å². The van der Waals surface area contributed by atoms with Gasteiger partial charge in [0.1, 0.15) is 5.75 Å². The number of amides is 2. The lowest BCUT2D eigenvalue weighted by atomic mass is 9.71. The molecule has 2 rings (SSSR count). The Bertz CT molecular complexity index is 631. The molecule has 1 aromatic rings. The molecule has 1 aliphatic rings. The average molecular weight is 392 g/mol. The van der Waals surface area contributed by atoms with E-state index in [1.54, 1.807) is 25.1 Å². The molecule has 2 amide bonds. The summed E-state index contributed by atoms with van der Waals surface area (Å²) in [6.07, 6.45) is 4.93. The summed E-state index contributed by atoms with van der Waals surface area (Å²) in [7, 11) is 1.51. The highest BCUT2D eigenvalue weighted by Gasteiger charge is 2.26. The lowest BCUT2D eigenvalue weighted by molar-refractivity contribution is -0.117. The topological polar surface area (TPSA) is 93.5 Å². The maximum Gasteiger partial charge on any atom is 0.241 e. The van der Waals surface area contributed by atoms with Crippen molar-refractivity contribution in [1.82, 2.24) is 0 Å². The number of methoxy groups -OCH3 is 1. The predicted octanol–water partition coefficient (Wildman–Crippen LogP) is 4.26. The van der Waals surface area contributed by atoms with Crippen molar-refractivity contribution in [2.24, 2.45) is 29.4 Å². The first kappa shape index (κ1) is 24.0. The fourth-order valence-corrected chi connectivity index (χ4v) is 3.87. The van der Waals surface area contributed by atoms with Crippen LogP contribution in [0.25, 0.3) is 0 Å². The Kier molecular flexibility index (Phi) is 10.0. The molecule has 4 N–H and O–H groups in total. The van der Waals surface area contributed by atoms with E-state index in [0.717, 1.165) is 23.7 Å². The lowest BCUT2D eigenvalue weighted by Gasteiger charge is -2.35. The third-order valence-electron chi connectivity index (χ3n) is 5.47. The normalized spacial score (nSPS) is 22.5. The van der Waals surface area contributed by atoms with Crippen LogP contribution in [0.15, 0.2) is 18.2 Å². The quantitative estimate of drug-likeness (QED) is 0.632. The van der Waals surface area contributed by atoms with Crippen LogP contribution in [-0.2, 0) is 9.59 Å². The molecule has 1 aromatic carbocycles. The molecule has 0 bridgehead atoms. The third-order valence-corrected chi connectivity index (χ3v) is 5.47. The van der Waals surface area contributed by atoms with Crippen molar-refractivity contribution in [2.45, 2.75) is 59.9 Å². The van der Waals surface area contributed by atoms with Crippen LogP contribution in [-0.4, -0.2) is 25.5 Å². The molecule has 6 nitrogen and oxygen atoms in total. The van der Waals surface area contributed by atoms with E-state index in [-0.39, 0.29) is 5.91 Å². The smallest absolute Gasteiger partial charge is 0.241 e. The number of rotatable bonds is 6. The molecule has 0 heterocycles. The molecule has 0 aromatic heterocycles. The van der Waals surface area contributed by atoms with Crippen LogP contribution >= 0.6 is 0 Å². The van der Waals surface area contributed by atoms with Gasteiger partial charge in [-0.15, -0.1) is 0 Å². The SMILES string of the molecule is CC1CC[C@@H](C(C)C)C(C)C1.COc1ccc(NC=O)c(NC(=O)[C@@H](C)N)c1. The number of carbonyl (C=O) groups is 2. The van der Waals surface area contributed by atoms with Crippen LogP contribution in [0.3, 0.4) is 0 Å². The van der Waals surface area contributed by atoms with Gasteiger partial charge in [-0.05, 0) is 55.6 Å². The fourth-order valence-electron chi connectivity index (χ4n) is 3.87. The maximum atomic E-state index is 11.5. The van der Waals surface area contributed by atoms with E-state index in [1.165, 1.54) is 26.4 Å². The summed E-state index contributed by atoms with van der Waals surface area (Å²) >= 11 is 0. The second-order valence-electron chi connectivity index (χ2n) is 8.26. The van der Waals surface area contributed by atoms with Crippen LogP contribution in [0.2, 0.25) is 0 Å². The van der Waals surface area contributed by atoms with Crippen molar-refractivity contribution in [3.63, 3.8) is 0 Å². The van der Waals surface area contributed by atoms with Gasteiger partial charge in [0.15, 0.2) is 0 Å². The van der Waals surface area contributed by atoms with Crippen molar-refractivity contribution in [2.75, 3.05) is 17.7 Å². The summed E-state index contributed by atoms with van der Waals surface area (Å²) in [5.41, 5.74) is 6.37. The molecule has 0 saturated heterocycles. The zero-order valence-electron chi connectivity index (χ0n) is 18.1. The minimum atomic E-state index is -0.634. The first-order valence-electron chi connectivity index (χ1n) is 10.1. The Hall–Kier alpha value is -2.08. The summed E-state index contributed by atoms with van der Waals surface area (Å²) < 4.78 is 5.03. The summed E-state index contributed by atoms with van der Waals surface area (Å²) in [4.78, 5) is 21.9. The number of hydrogen-bond donors (Lipinski definition) is 3. The zero-order valence-corrected chi connectivity index (χ0v) is 18.1. The van der Waals surface area contributed by atoms with E-state index in [4.69, 9.17) is 10.5 Å². The standard InChI is InChI=1S/C11H15N3O3.C11H22/c1-7(12)11(16)14-10-5-8(17-2)3-4-9(10)13-6-15;1-8(2)11-6-5-9(3)7-10(11)4/h3-7H,12H2,1-2H3,(H,13,15)(H,14,16);8-11H,5-7H2,1-4H3/t7-;9?,10?,11-/m10/s1. The highest BCUT2D eigenvalue weighted by Crippen LogP contribution is 2.37. The van der Waals surface area contributed by atoms with Crippen LogP contribution in [0.4, 0.5) is 11.4 Å². The number of hydrogen-bond acceptors (Lipinski definition) is 4. The fraction of sp³-hybridized carbons (Fsp3) is 0.636. The molecule has 6 heteroatoms. The van der Waals surface area contributed by atoms with Gasteiger partial charge in [0.05, 0.1) is 24.5 Å². The van der Waals surface area contributed by atoms with E-state index in [1.807, 2.05) is 0 Å². The Balaban J connectivity index is 0.000000307. The Morgan fingerprint density at radius 3 is 2.39 bits per heavy atom. The minimum absolute atomic E-state index is 0.341. The van der Waals surface area contributed by atoms with Gasteiger partial charge < -0.3 is 21.1 Å². The highest BCUT2D eigenvalue weighted by molar-refractivity contribution is 5.98. The molecule has 158 valence electrons.